The summed E-state index contributed by atoms with van der Waals surface area (Å²) in [6.07, 6.45) is 1.92. The molecule has 3 rings (SSSR count). The van der Waals surface area contributed by atoms with Gasteiger partial charge >= 0.3 is 0 Å². The van der Waals surface area contributed by atoms with E-state index >= 15 is 0 Å². The van der Waals surface area contributed by atoms with E-state index < -0.39 is 0 Å². The molecule has 3 aromatic rings. The molecular formula is C24H28N4O. The Morgan fingerprint density at radius 1 is 0.931 bits per heavy atom. The molecular weight excluding hydrogens is 360 g/mol. The number of hydrogen-bond donors (Lipinski definition) is 1. The summed E-state index contributed by atoms with van der Waals surface area (Å²) in [5.41, 5.74) is 4.66. The fourth-order valence-corrected chi connectivity index (χ4v) is 3.24. The van der Waals surface area contributed by atoms with Crippen molar-refractivity contribution < 1.29 is 4.79 Å². The molecule has 1 aromatic heterocycles. The van der Waals surface area contributed by atoms with Gasteiger partial charge in [0.2, 0.25) is 0 Å². The second-order valence-electron chi connectivity index (χ2n) is 7.17. The first-order valence-corrected chi connectivity index (χ1v) is 10.2. The Kier molecular flexibility index (Phi) is 6.95. The molecule has 0 spiro atoms. The monoisotopic (exact) mass is 388 g/mol. The smallest absolute Gasteiger partial charge is 0.253 e. The lowest BCUT2D eigenvalue weighted by Crippen LogP contribution is -2.32. The highest BCUT2D eigenvalue weighted by molar-refractivity contribution is 5.94. The molecule has 0 aliphatic rings. The van der Waals surface area contributed by atoms with Gasteiger partial charge in [-0.05, 0) is 62.2 Å². The third-order valence-corrected chi connectivity index (χ3v) is 4.66. The summed E-state index contributed by atoms with van der Waals surface area (Å²) in [4.78, 5) is 14.6. The molecule has 1 amide bonds. The van der Waals surface area contributed by atoms with Crippen LogP contribution in [-0.4, -0.2) is 34.1 Å². The molecule has 1 N–H and O–H groups in total. The summed E-state index contributed by atoms with van der Waals surface area (Å²) in [5.74, 6) is 0.752. The number of nitrogens with zero attached hydrogens (tertiary/aromatic N) is 3. The summed E-state index contributed by atoms with van der Waals surface area (Å²) in [6.45, 7) is 7.82. The Hall–Kier alpha value is -3.21. The summed E-state index contributed by atoms with van der Waals surface area (Å²) in [7, 11) is 0. The highest BCUT2D eigenvalue weighted by Gasteiger charge is 2.14. The normalized spacial score (nSPS) is 10.6. The molecule has 5 nitrogen and oxygen atoms in total. The molecule has 0 radical (unpaired) electrons. The lowest BCUT2D eigenvalue weighted by Gasteiger charge is -2.21. The van der Waals surface area contributed by atoms with E-state index in [4.69, 9.17) is 0 Å². The average Bonchev–Trinajstić information content (AvgIpc) is 2.74. The molecule has 0 aliphatic heterocycles. The SMILES string of the molecule is CCCN(CCC)C(=O)c1ccc(Nc2ccc(-c3cccc(C)c3)nn2)cc1. The number of carbonyl (C=O) groups is 1. The van der Waals surface area contributed by atoms with Crippen LogP contribution in [0.5, 0.6) is 0 Å². The molecule has 2 aromatic carbocycles. The first-order chi connectivity index (χ1) is 14.1. The summed E-state index contributed by atoms with van der Waals surface area (Å²) < 4.78 is 0. The number of carbonyl (C=O) groups excluding carboxylic acids is 1. The Balaban J connectivity index is 1.67. The van der Waals surface area contributed by atoms with E-state index in [2.05, 4.69) is 48.4 Å². The third kappa shape index (κ3) is 5.41. The van der Waals surface area contributed by atoms with Crippen LogP contribution >= 0.6 is 0 Å². The van der Waals surface area contributed by atoms with Gasteiger partial charge in [0, 0.05) is 29.9 Å². The second kappa shape index (κ2) is 9.82. The molecule has 0 saturated heterocycles. The van der Waals surface area contributed by atoms with Crippen molar-refractivity contribution in [1.82, 2.24) is 15.1 Å². The van der Waals surface area contributed by atoms with Crippen molar-refractivity contribution in [2.24, 2.45) is 0 Å². The molecule has 0 unspecified atom stereocenters. The van der Waals surface area contributed by atoms with Crippen LogP contribution in [0.3, 0.4) is 0 Å². The fraction of sp³-hybridized carbons (Fsp3) is 0.292. The molecule has 0 saturated carbocycles. The number of benzene rings is 2. The molecule has 5 heteroatoms. The van der Waals surface area contributed by atoms with Crippen molar-refractivity contribution in [2.45, 2.75) is 33.6 Å². The van der Waals surface area contributed by atoms with Crippen molar-refractivity contribution in [2.75, 3.05) is 18.4 Å². The van der Waals surface area contributed by atoms with Gasteiger partial charge in [0.1, 0.15) is 0 Å². The number of hydrogen-bond acceptors (Lipinski definition) is 4. The van der Waals surface area contributed by atoms with E-state index in [1.54, 1.807) is 0 Å². The summed E-state index contributed by atoms with van der Waals surface area (Å²) in [6, 6.07) is 19.6. The topological polar surface area (TPSA) is 58.1 Å². The van der Waals surface area contributed by atoms with Crippen LogP contribution < -0.4 is 5.32 Å². The minimum atomic E-state index is 0.0857. The van der Waals surface area contributed by atoms with Crippen LogP contribution in [0.25, 0.3) is 11.3 Å². The minimum Gasteiger partial charge on any atom is -0.339 e. The van der Waals surface area contributed by atoms with Crippen molar-refractivity contribution >= 4 is 17.4 Å². The fourth-order valence-electron chi connectivity index (χ4n) is 3.24. The Morgan fingerprint density at radius 2 is 1.66 bits per heavy atom. The first-order valence-electron chi connectivity index (χ1n) is 10.2. The molecule has 0 aliphatic carbocycles. The van der Waals surface area contributed by atoms with Crippen LogP contribution in [0.4, 0.5) is 11.5 Å². The summed E-state index contributed by atoms with van der Waals surface area (Å²) in [5, 5.41) is 11.8. The molecule has 0 bridgehead atoms. The zero-order chi connectivity index (χ0) is 20.6. The van der Waals surface area contributed by atoms with E-state index in [-0.39, 0.29) is 5.91 Å². The van der Waals surface area contributed by atoms with E-state index in [1.807, 2.05) is 53.4 Å². The number of anilines is 2. The molecule has 29 heavy (non-hydrogen) atoms. The van der Waals surface area contributed by atoms with Gasteiger partial charge in [0.25, 0.3) is 5.91 Å². The van der Waals surface area contributed by atoms with Gasteiger partial charge < -0.3 is 10.2 Å². The standard InChI is InChI=1S/C24H28N4O/c1-4-15-28(16-5-2)24(29)19-9-11-21(12-10-19)25-23-14-13-22(26-27-23)20-8-6-7-18(3)17-20/h6-14,17H,4-5,15-16H2,1-3H3,(H,25,27). The molecule has 150 valence electrons. The van der Waals surface area contributed by atoms with Gasteiger partial charge in [0.05, 0.1) is 5.69 Å². The van der Waals surface area contributed by atoms with Crippen LogP contribution in [0.15, 0.2) is 60.7 Å². The van der Waals surface area contributed by atoms with Gasteiger partial charge in [-0.2, -0.15) is 0 Å². The third-order valence-electron chi connectivity index (χ3n) is 4.66. The summed E-state index contributed by atoms with van der Waals surface area (Å²) >= 11 is 0. The lowest BCUT2D eigenvalue weighted by atomic mass is 10.1. The quantitative estimate of drug-likeness (QED) is 0.557. The van der Waals surface area contributed by atoms with Crippen LogP contribution in [0, 0.1) is 6.92 Å². The van der Waals surface area contributed by atoms with Crippen molar-refractivity contribution in [3.8, 4) is 11.3 Å². The van der Waals surface area contributed by atoms with Gasteiger partial charge in [-0.1, -0.05) is 37.6 Å². The average molecular weight is 389 g/mol. The highest BCUT2D eigenvalue weighted by Crippen LogP contribution is 2.20. The first kappa shape index (κ1) is 20.5. The predicted octanol–water partition coefficient (Wildman–Crippen LogP) is 5.46. The minimum absolute atomic E-state index is 0.0857. The predicted molar refractivity (Wildman–Crippen MR) is 118 cm³/mol. The number of rotatable bonds is 8. The van der Waals surface area contributed by atoms with E-state index in [0.717, 1.165) is 42.9 Å². The number of aromatic nitrogens is 2. The Bertz CT molecular complexity index is 930. The maximum Gasteiger partial charge on any atom is 0.253 e. The van der Waals surface area contributed by atoms with Crippen LogP contribution in [0.2, 0.25) is 0 Å². The largest absolute Gasteiger partial charge is 0.339 e. The zero-order valence-electron chi connectivity index (χ0n) is 17.4. The van der Waals surface area contributed by atoms with Gasteiger partial charge in [-0.3, -0.25) is 4.79 Å². The number of aryl methyl sites for hydroxylation is 1. The molecule has 0 fully saturated rings. The Labute approximate surface area is 172 Å². The maximum absolute atomic E-state index is 12.7. The van der Waals surface area contributed by atoms with E-state index in [9.17, 15) is 4.79 Å². The Morgan fingerprint density at radius 3 is 2.24 bits per heavy atom. The maximum atomic E-state index is 12.7. The zero-order valence-corrected chi connectivity index (χ0v) is 17.4. The lowest BCUT2D eigenvalue weighted by molar-refractivity contribution is 0.0755. The van der Waals surface area contributed by atoms with Gasteiger partial charge in [-0.15, -0.1) is 10.2 Å². The molecule has 0 atom stereocenters. The second-order valence-corrected chi connectivity index (χ2v) is 7.17. The van der Waals surface area contributed by atoms with Crippen molar-refractivity contribution in [3.63, 3.8) is 0 Å². The van der Waals surface area contributed by atoms with Gasteiger partial charge in [0.15, 0.2) is 5.82 Å². The number of amides is 1. The van der Waals surface area contributed by atoms with Crippen LogP contribution in [0.1, 0.15) is 42.6 Å². The number of nitrogens with one attached hydrogen (secondary N) is 1. The van der Waals surface area contributed by atoms with E-state index in [0.29, 0.717) is 11.4 Å². The van der Waals surface area contributed by atoms with Gasteiger partial charge in [-0.25, -0.2) is 0 Å². The highest BCUT2D eigenvalue weighted by atomic mass is 16.2. The molecule has 1 heterocycles. The van der Waals surface area contributed by atoms with Crippen LogP contribution in [-0.2, 0) is 0 Å². The van der Waals surface area contributed by atoms with E-state index in [1.165, 1.54) is 5.56 Å². The van der Waals surface area contributed by atoms with Crippen molar-refractivity contribution in [3.05, 3.63) is 71.8 Å². The van der Waals surface area contributed by atoms with Crippen molar-refractivity contribution in [1.29, 1.82) is 0 Å².